The van der Waals surface area contributed by atoms with Crippen LogP contribution in [-0.2, 0) is 16.8 Å². The fourth-order valence-corrected chi connectivity index (χ4v) is 2.64. The molecule has 0 saturated carbocycles. The molecule has 1 aliphatic heterocycles. The van der Waals surface area contributed by atoms with Gasteiger partial charge in [-0.2, -0.15) is 0 Å². The molecule has 3 heteroatoms. The first-order chi connectivity index (χ1) is 8.40. The molecular weight excluding hydrogens is 224 g/mol. The molecular formula is C15H22N2O. The van der Waals surface area contributed by atoms with Crippen LogP contribution in [0.2, 0.25) is 0 Å². The minimum atomic E-state index is -0.159. The summed E-state index contributed by atoms with van der Waals surface area (Å²) in [5.74, 6) is 0.0904. The van der Waals surface area contributed by atoms with Gasteiger partial charge in [0.2, 0.25) is 5.91 Å². The second-order valence-electron chi connectivity index (χ2n) is 5.85. The summed E-state index contributed by atoms with van der Waals surface area (Å²) in [6.07, 6.45) is 0.762. The molecule has 1 aromatic rings. The van der Waals surface area contributed by atoms with Crippen molar-refractivity contribution in [1.82, 2.24) is 10.6 Å². The molecule has 0 bridgehead atoms. The second-order valence-corrected chi connectivity index (χ2v) is 5.85. The summed E-state index contributed by atoms with van der Waals surface area (Å²) in [4.78, 5) is 12.1. The number of nitrogens with one attached hydrogen (secondary N) is 2. The van der Waals surface area contributed by atoms with Crippen molar-refractivity contribution >= 4 is 5.91 Å². The molecule has 0 spiro atoms. The standard InChI is InChI=1S/C15H22N2O/c1-10(2)16-14(18)13-9-11-7-5-6-8-12(11)15(3,4)17-13/h5-8,10,13,17H,9H2,1-4H3,(H,16,18)/t13-/m0/s1. The molecule has 0 fully saturated rings. The van der Waals surface area contributed by atoms with Crippen LogP contribution in [0.25, 0.3) is 0 Å². The molecule has 1 aliphatic rings. The Labute approximate surface area is 109 Å². The smallest absolute Gasteiger partial charge is 0.237 e. The zero-order chi connectivity index (χ0) is 13.3. The van der Waals surface area contributed by atoms with Crippen LogP contribution < -0.4 is 10.6 Å². The number of amides is 1. The minimum absolute atomic E-state index is 0.0904. The maximum Gasteiger partial charge on any atom is 0.237 e. The molecule has 18 heavy (non-hydrogen) atoms. The topological polar surface area (TPSA) is 41.1 Å². The van der Waals surface area contributed by atoms with Crippen LogP contribution in [0.1, 0.15) is 38.8 Å². The Hall–Kier alpha value is -1.35. The highest BCUT2D eigenvalue weighted by atomic mass is 16.2. The molecule has 0 aromatic heterocycles. The maximum absolute atomic E-state index is 12.1. The SMILES string of the molecule is CC(C)NC(=O)[C@@H]1Cc2ccccc2C(C)(C)N1. The van der Waals surface area contributed by atoms with Gasteiger partial charge < -0.3 is 5.32 Å². The van der Waals surface area contributed by atoms with Crippen molar-refractivity contribution in [3.05, 3.63) is 35.4 Å². The number of carbonyl (C=O) groups is 1. The summed E-state index contributed by atoms with van der Waals surface area (Å²) in [6.45, 7) is 8.22. The van der Waals surface area contributed by atoms with E-state index >= 15 is 0 Å². The van der Waals surface area contributed by atoms with Crippen molar-refractivity contribution in [2.24, 2.45) is 0 Å². The van der Waals surface area contributed by atoms with E-state index in [0.717, 1.165) is 6.42 Å². The van der Waals surface area contributed by atoms with Gasteiger partial charge in [0.25, 0.3) is 0 Å². The lowest BCUT2D eigenvalue weighted by Gasteiger charge is -2.38. The lowest BCUT2D eigenvalue weighted by Crippen LogP contribution is -2.56. The van der Waals surface area contributed by atoms with Gasteiger partial charge in [-0.25, -0.2) is 0 Å². The molecule has 0 aliphatic carbocycles. The van der Waals surface area contributed by atoms with Crippen LogP contribution in [0.3, 0.4) is 0 Å². The number of carbonyl (C=O) groups excluding carboxylic acids is 1. The largest absolute Gasteiger partial charge is 0.353 e. The lowest BCUT2D eigenvalue weighted by molar-refractivity contribution is -0.124. The summed E-state index contributed by atoms with van der Waals surface area (Å²) in [5, 5.41) is 6.42. The quantitative estimate of drug-likeness (QED) is 0.837. The maximum atomic E-state index is 12.1. The lowest BCUT2D eigenvalue weighted by atomic mass is 9.82. The first-order valence-corrected chi connectivity index (χ1v) is 6.56. The van der Waals surface area contributed by atoms with Gasteiger partial charge in [0.15, 0.2) is 0 Å². The van der Waals surface area contributed by atoms with E-state index in [9.17, 15) is 4.79 Å². The fraction of sp³-hybridized carbons (Fsp3) is 0.533. The summed E-state index contributed by atoms with van der Waals surface area (Å²) in [7, 11) is 0. The molecule has 0 saturated heterocycles. The Bertz CT molecular complexity index is 452. The normalized spacial score (nSPS) is 21.5. The highest BCUT2D eigenvalue weighted by Crippen LogP contribution is 2.29. The molecule has 0 unspecified atom stereocenters. The van der Waals surface area contributed by atoms with Crippen molar-refractivity contribution in [3.8, 4) is 0 Å². The fourth-order valence-electron chi connectivity index (χ4n) is 2.64. The molecule has 3 nitrogen and oxygen atoms in total. The number of fused-ring (bicyclic) bond motifs is 1. The van der Waals surface area contributed by atoms with Gasteiger partial charge in [0.05, 0.1) is 6.04 Å². The van der Waals surface area contributed by atoms with Crippen LogP contribution in [0, 0.1) is 0 Å². The van der Waals surface area contributed by atoms with Crippen molar-refractivity contribution in [2.75, 3.05) is 0 Å². The van der Waals surface area contributed by atoms with E-state index < -0.39 is 0 Å². The van der Waals surface area contributed by atoms with Crippen LogP contribution in [0.4, 0.5) is 0 Å². The average molecular weight is 246 g/mol. The van der Waals surface area contributed by atoms with Gasteiger partial charge in [-0.05, 0) is 45.2 Å². The van der Waals surface area contributed by atoms with Crippen molar-refractivity contribution < 1.29 is 4.79 Å². The minimum Gasteiger partial charge on any atom is -0.353 e. The Kier molecular flexibility index (Phi) is 3.44. The van der Waals surface area contributed by atoms with Gasteiger partial charge in [0, 0.05) is 11.6 Å². The zero-order valence-corrected chi connectivity index (χ0v) is 11.6. The summed E-state index contributed by atoms with van der Waals surface area (Å²) < 4.78 is 0. The van der Waals surface area contributed by atoms with Gasteiger partial charge in [0.1, 0.15) is 0 Å². The summed E-state index contributed by atoms with van der Waals surface area (Å²) in [5.41, 5.74) is 2.40. The van der Waals surface area contributed by atoms with Crippen LogP contribution in [0.5, 0.6) is 0 Å². The molecule has 2 N–H and O–H groups in total. The van der Waals surface area contributed by atoms with Crippen LogP contribution in [0.15, 0.2) is 24.3 Å². The Morgan fingerprint density at radius 2 is 2.06 bits per heavy atom. The number of hydrogen-bond donors (Lipinski definition) is 2. The highest BCUT2D eigenvalue weighted by Gasteiger charge is 2.34. The summed E-state index contributed by atoms with van der Waals surface area (Å²) in [6, 6.07) is 8.39. The van der Waals surface area contributed by atoms with E-state index in [0.29, 0.717) is 0 Å². The molecule has 2 rings (SSSR count). The zero-order valence-electron chi connectivity index (χ0n) is 11.6. The first kappa shape index (κ1) is 13.1. The highest BCUT2D eigenvalue weighted by molar-refractivity contribution is 5.83. The average Bonchev–Trinajstić information content (AvgIpc) is 2.27. The predicted octanol–water partition coefficient (Wildman–Crippen LogP) is 1.96. The molecule has 1 atom stereocenters. The molecule has 1 aromatic carbocycles. The molecule has 1 heterocycles. The molecule has 1 amide bonds. The monoisotopic (exact) mass is 246 g/mol. The third kappa shape index (κ3) is 2.56. The van der Waals surface area contributed by atoms with Gasteiger partial charge in [-0.3, -0.25) is 10.1 Å². The van der Waals surface area contributed by atoms with E-state index in [1.165, 1.54) is 11.1 Å². The van der Waals surface area contributed by atoms with E-state index in [2.05, 4.69) is 42.7 Å². The number of benzene rings is 1. The van der Waals surface area contributed by atoms with Crippen LogP contribution in [-0.4, -0.2) is 18.0 Å². The molecule has 0 radical (unpaired) electrons. The van der Waals surface area contributed by atoms with E-state index in [-0.39, 0.29) is 23.5 Å². The van der Waals surface area contributed by atoms with E-state index in [1.54, 1.807) is 0 Å². The van der Waals surface area contributed by atoms with Crippen molar-refractivity contribution in [3.63, 3.8) is 0 Å². The number of rotatable bonds is 2. The Morgan fingerprint density at radius 3 is 2.72 bits per heavy atom. The molecule has 98 valence electrons. The van der Waals surface area contributed by atoms with E-state index in [1.807, 2.05) is 19.9 Å². The van der Waals surface area contributed by atoms with Gasteiger partial charge in [-0.1, -0.05) is 24.3 Å². The van der Waals surface area contributed by atoms with Crippen molar-refractivity contribution in [1.29, 1.82) is 0 Å². The summed E-state index contributed by atoms with van der Waals surface area (Å²) >= 11 is 0. The van der Waals surface area contributed by atoms with Crippen LogP contribution >= 0.6 is 0 Å². The Morgan fingerprint density at radius 1 is 1.39 bits per heavy atom. The van der Waals surface area contributed by atoms with Crippen molar-refractivity contribution in [2.45, 2.75) is 51.7 Å². The third-order valence-corrected chi connectivity index (χ3v) is 3.40. The third-order valence-electron chi connectivity index (χ3n) is 3.40. The Balaban J connectivity index is 2.24. The first-order valence-electron chi connectivity index (χ1n) is 6.56. The number of hydrogen-bond acceptors (Lipinski definition) is 2. The predicted molar refractivity (Wildman–Crippen MR) is 73.4 cm³/mol. The van der Waals surface area contributed by atoms with E-state index in [4.69, 9.17) is 0 Å². The van der Waals surface area contributed by atoms with Gasteiger partial charge >= 0.3 is 0 Å². The van der Waals surface area contributed by atoms with Gasteiger partial charge in [-0.15, -0.1) is 0 Å². The second kappa shape index (κ2) is 4.73.